The number of ether oxygens (including phenoxy) is 2. The predicted molar refractivity (Wildman–Crippen MR) is 119 cm³/mol. The summed E-state index contributed by atoms with van der Waals surface area (Å²) in [7, 11) is -2.81. The summed E-state index contributed by atoms with van der Waals surface area (Å²) in [4.78, 5) is 6.73. The normalized spacial score (nSPS) is 23.0. The van der Waals surface area contributed by atoms with Crippen molar-refractivity contribution in [2.75, 3.05) is 70.6 Å². The molecule has 0 bridgehead atoms. The molecule has 2 aliphatic rings. The van der Waals surface area contributed by atoms with Crippen molar-refractivity contribution in [2.45, 2.75) is 32.3 Å². The molecule has 0 radical (unpaired) electrons. The Kier molecular flexibility index (Phi) is 12.8. The lowest BCUT2D eigenvalue weighted by molar-refractivity contribution is 0.0171. The van der Waals surface area contributed by atoms with Gasteiger partial charge in [-0.3, -0.25) is 9.89 Å². The van der Waals surface area contributed by atoms with Crippen LogP contribution in [0.3, 0.4) is 0 Å². The Morgan fingerprint density at radius 2 is 2.07 bits per heavy atom. The summed E-state index contributed by atoms with van der Waals surface area (Å²) in [5, 5.41) is 6.54. The first-order chi connectivity index (χ1) is 12.6. The van der Waals surface area contributed by atoms with E-state index in [-0.39, 0.29) is 41.6 Å². The van der Waals surface area contributed by atoms with Crippen LogP contribution in [0.4, 0.5) is 0 Å². The molecule has 1 unspecified atom stereocenters. The Bertz CT molecular complexity index is 513. The highest BCUT2D eigenvalue weighted by molar-refractivity contribution is 14.0. The van der Waals surface area contributed by atoms with Crippen LogP contribution in [-0.4, -0.2) is 96.0 Å². The lowest BCUT2D eigenvalue weighted by atomic mass is 10.2. The van der Waals surface area contributed by atoms with Crippen LogP contribution in [0, 0.1) is 0 Å². The van der Waals surface area contributed by atoms with E-state index in [0.717, 1.165) is 51.5 Å². The van der Waals surface area contributed by atoms with Gasteiger partial charge in [-0.15, -0.1) is 24.0 Å². The maximum Gasteiger partial charge on any atom is 0.191 e. The van der Waals surface area contributed by atoms with Crippen molar-refractivity contribution >= 4 is 39.8 Å². The second-order valence-electron chi connectivity index (χ2n) is 6.74. The summed E-state index contributed by atoms with van der Waals surface area (Å²) in [5.41, 5.74) is 0. The summed E-state index contributed by atoms with van der Waals surface area (Å²) in [6.45, 7) is 8.64. The highest BCUT2D eigenvalue weighted by atomic mass is 127. The number of guanidine groups is 1. The fourth-order valence-electron chi connectivity index (χ4n) is 3.00. The first-order valence-corrected chi connectivity index (χ1v) is 11.6. The molecule has 2 aliphatic heterocycles. The number of nitrogens with one attached hydrogen (secondary N) is 2. The minimum atomic E-state index is -2.81. The van der Waals surface area contributed by atoms with E-state index in [4.69, 9.17) is 9.47 Å². The number of hydrogen-bond acceptors (Lipinski definition) is 6. The van der Waals surface area contributed by atoms with Gasteiger partial charge >= 0.3 is 0 Å². The van der Waals surface area contributed by atoms with Gasteiger partial charge in [0.05, 0.1) is 24.2 Å². The van der Waals surface area contributed by atoms with E-state index in [1.165, 1.54) is 0 Å². The third-order valence-electron chi connectivity index (χ3n) is 4.55. The van der Waals surface area contributed by atoms with Gasteiger partial charge in [0.1, 0.15) is 0 Å². The Morgan fingerprint density at radius 1 is 1.30 bits per heavy atom. The third-order valence-corrected chi connectivity index (χ3v) is 6.16. The van der Waals surface area contributed by atoms with Crippen LogP contribution < -0.4 is 10.6 Å². The predicted octanol–water partition coefficient (Wildman–Crippen LogP) is 0.476. The molecule has 2 saturated heterocycles. The average molecular weight is 518 g/mol. The molecule has 0 aliphatic carbocycles. The van der Waals surface area contributed by atoms with Gasteiger partial charge in [-0.25, -0.2) is 8.42 Å². The first kappa shape index (κ1) is 24.9. The summed E-state index contributed by atoms with van der Waals surface area (Å²) in [6, 6.07) is 0. The number of sulfone groups is 1. The molecule has 1 atom stereocenters. The number of rotatable bonds is 10. The maximum atomic E-state index is 11.4. The largest absolute Gasteiger partial charge is 0.379 e. The van der Waals surface area contributed by atoms with E-state index >= 15 is 0 Å². The summed E-state index contributed by atoms with van der Waals surface area (Å²) >= 11 is 0. The minimum absolute atomic E-state index is 0. The van der Waals surface area contributed by atoms with Crippen molar-refractivity contribution in [1.29, 1.82) is 0 Å². The highest BCUT2D eigenvalue weighted by Crippen LogP contribution is 2.11. The number of hydrogen-bond donors (Lipinski definition) is 2. The zero-order chi connectivity index (χ0) is 18.7. The van der Waals surface area contributed by atoms with Crippen LogP contribution in [0.1, 0.15) is 26.2 Å². The summed E-state index contributed by atoms with van der Waals surface area (Å²) < 4.78 is 34.1. The van der Waals surface area contributed by atoms with Gasteiger partial charge in [0, 0.05) is 52.5 Å². The van der Waals surface area contributed by atoms with Gasteiger partial charge < -0.3 is 20.1 Å². The lowest BCUT2D eigenvalue weighted by Crippen LogP contribution is -2.46. The van der Waals surface area contributed by atoms with Crippen molar-refractivity contribution in [1.82, 2.24) is 15.5 Å². The molecule has 2 heterocycles. The molecule has 27 heavy (non-hydrogen) atoms. The van der Waals surface area contributed by atoms with Crippen LogP contribution in [-0.2, 0) is 19.3 Å². The molecule has 0 aromatic heterocycles. The van der Waals surface area contributed by atoms with Crippen molar-refractivity contribution in [3.8, 4) is 0 Å². The Hall–Kier alpha value is -0.170. The first-order valence-electron chi connectivity index (χ1n) is 9.73. The van der Waals surface area contributed by atoms with Crippen LogP contribution in [0.15, 0.2) is 4.99 Å². The molecule has 0 aromatic rings. The molecule has 160 valence electrons. The van der Waals surface area contributed by atoms with Gasteiger partial charge in [0.2, 0.25) is 0 Å². The topological polar surface area (TPSA) is 92.3 Å². The number of halogens is 1. The Morgan fingerprint density at radius 3 is 2.74 bits per heavy atom. The smallest absolute Gasteiger partial charge is 0.191 e. The Labute approximate surface area is 180 Å². The average Bonchev–Trinajstić information content (AvgIpc) is 3.12. The maximum absolute atomic E-state index is 11.4. The summed E-state index contributed by atoms with van der Waals surface area (Å²) in [6.07, 6.45) is 3.41. The molecule has 0 amide bonds. The second-order valence-corrected chi connectivity index (χ2v) is 9.05. The molecule has 8 nitrogen and oxygen atoms in total. The molecule has 2 N–H and O–H groups in total. The molecule has 0 saturated carbocycles. The number of aliphatic imine (C=N–C) groups is 1. The molecule has 10 heteroatoms. The monoisotopic (exact) mass is 518 g/mol. The van der Waals surface area contributed by atoms with Crippen molar-refractivity contribution in [3.63, 3.8) is 0 Å². The van der Waals surface area contributed by atoms with Crippen LogP contribution >= 0.6 is 24.0 Å². The minimum Gasteiger partial charge on any atom is -0.379 e. The van der Waals surface area contributed by atoms with Crippen molar-refractivity contribution in [2.24, 2.45) is 4.99 Å². The van der Waals surface area contributed by atoms with Crippen LogP contribution in [0.5, 0.6) is 0 Å². The molecule has 2 rings (SSSR count). The van der Waals surface area contributed by atoms with Crippen molar-refractivity contribution in [3.05, 3.63) is 0 Å². The molecule has 0 spiro atoms. The Balaban J connectivity index is 0.00000364. The van der Waals surface area contributed by atoms with Crippen LogP contribution in [0.2, 0.25) is 0 Å². The lowest BCUT2D eigenvalue weighted by Gasteiger charge is -2.26. The van der Waals surface area contributed by atoms with E-state index in [1.54, 1.807) is 0 Å². The zero-order valence-corrected chi connectivity index (χ0v) is 19.5. The molecule has 2 fully saturated rings. The molecule has 0 aromatic carbocycles. The van der Waals surface area contributed by atoms with Crippen molar-refractivity contribution < 1.29 is 17.9 Å². The third kappa shape index (κ3) is 10.8. The van der Waals surface area contributed by atoms with Crippen LogP contribution in [0.25, 0.3) is 0 Å². The van der Waals surface area contributed by atoms with E-state index in [2.05, 4.69) is 20.5 Å². The fourth-order valence-corrected chi connectivity index (χ4v) is 4.27. The molecular weight excluding hydrogens is 483 g/mol. The van der Waals surface area contributed by atoms with Gasteiger partial charge in [-0.1, -0.05) is 0 Å². The van der Waals surface area contributed by atoms with Gasteiger partial charge in [-0.05, 0) is 26.2 Å². The van der Waals surface area contributed by atoms with Gasteiger partial charge in [0.15, 0.2) is 15.8 Å². The van der Waals surface area contributed by atoms with Gasteiger partial charge in [-0.2, -0.15) is 0 Å². The van der Waals surface area contributed by atoms with Gasteiger partial charge in [0.25, 0.3) is 0 Å². The van der Waals surface area contributed by atoms with E-state index in [0.29, 0.717) is 32.8 Å². The standard InChI is InChI=1S/C17H34N4O4S.HI/c1-2-18-17(19-6-4-11-24-15-16-5-3-12-25-16)20-7-8-21-9-13-26(22,23)14-10-21;/h16H,2-15H2,1H3,(H2,18,19,20);1H. The molecular formula is C17H35IN4O4S. The zero-order valence-electron chi connectivity index (χ0n) is 16.3. The summed E-state index contributed by atoms with van der Waals surface area (Å²) in [5.74, 6) is 1.34. The highest BCUT2D eigenvalue weighted by Gasteiger charge is 2.20. The van der Waals surface area contributed by atoms with E-state index in [9.17, 15) is 8.42 Å². The van der Waals surface area contributed by atoms with E-state index in [1.807, 2.05) is 6.92 Å². The van der Waals surface area contributed by atoms with E-state index < -0.39 is 9.84 Å². The number of nitrogens with zero attached hydrogens (tertiary/aromatic N) is 2. The second kappa shape index (κ2) is 13.9. The SMILES string of the molecule is CCNC(=NCCCOCC1CCCO1)NCCN1CCS(=O)(=O)CC1.I. The quantitative estimate of drug-likeness (QED) is 0.188. The fraction of sp³-hybridized carbons (Fsp3) is 0.941.